The van der Waals surface area contributed by atoms with Gasteiger partial charge in [-0.25, -0.2) is 4.79 Å². The highest BCUT2D eigenvalue weighted by Crippen LogP contribution is 2.33. The van der Waals surface area contributed by atoms with Gasteiger partial charge in [0, 0.05) is 19.1 Å². The summed E-state index contributed by atoms with van der Waals surface area (Å²) in [6, 6.07) is 6.75. The van der Waals surface area contributed by atoms with Gasteiger partial charge in [0.05, 0.1) is 17.9 Å². The number of hydrogen-bond acceptors (Lipinski definition) is 5. The van der Waals surface area contributed by atoms with Crippen LogP contribution in [-0.4, -0.2) is 30.4 Å². The molecule has 1 fully saturated rings. The fourth-order valence-corrected chi connectivity index (χ4v) is 4.43. The Kier molecular flexibility index (Phi) is 12.2. The molecule has 188 valence electrons. The highest BCUT2D eigenvalue weighted by atomic mass is 16.5. The fourth-order valence-electron chi connectivity index (χ4n) is 4.43. The van der Waals surface area contributed by atoms with E-state index in [1.54, 1.807) is 24.3 Å². The van der Waals surface area contributed by atoms with E-state index in [0.717, 1.165) is 12.8 Å². The molecule has 1 aliphatic rings. The summed E-state index contributed by atoms with van der Waals surface area (Å²) in [7, 11) is 0. The number of carbonyl (C=O) groups excluding carboxylic acids is 3. The highest BCUT2D eigenvalue weighted by Gasteiger charge is 2.38. The van der Waals surface area contributed by atoms with Gasteiger partial charge in [-0.3, -0.25) is 14.6 Å². The molecule has 5 nitrogen and oxygen atoms in total. The van der Waals surface area contributed by atoms with Crippen LogP contribution in [0.15, 0.2) is 29.3 Å². The van der Waals surface area contributed by atoms with Crippen LogP contribution >= 0.6 is 0 Å². The number of ether oxygens (including phenoxy) is 1. The minimum absolute atomic E-state index is 0.0763. The Balaban J connectivity index is 1.62. The average Bonchev–Trinajstić information content (AvgIpc) is 2.78. The monoisotopic (exact) mass is 469 g/mol. The van der Waals surface area contributed by atoms with Crippen molar-refractivity contribution < 1.29 is 19.1 Å². The van der Waals surface area contributed by atoms with Gasteiger partial charge in [0.2, 0.25) is 0 Å². The van der Waals surface area contributed by atoms with Gasteiger partial charge in [0.15, 0.2) is 0 Å². The number of hydrogen-bond donors (Lipinski definition) is 0. The minimum atomic E-state index is -0.761. The Hall–Kier alpha value is -2.30. The molecule has 0 aromatic heterocycles. The molecule has 0 N–H and O–H groups in total. The van der Waals surface area contributed by atoms with Crippen molar-refractivity contribution in [3.8, 4) is 0 Å². The number of esters is 1. The first-order valence-corrected chi connectivity index (χ1v) is 13.2. The van der Waals surface area contributed by atoms with Gasteiger partial charge in [-0.2, -0.15) is 0 Å². The van der Waals surface area contributed by atoms with E-state index in [0.29, 0.717) is 30.7 Å². The van der Waals surface area contributed by atoms with Crippen LogP contribution in [0.25, 0.3) is 0 Å². The number of Topliss-reactive ketones (excluding diaryl/α,β-unsaturated/α-hetero) is 2. The van der Waals surface area contributed by atoms with Gasteiger partial charge < -0.3 is 4.74 Å². The second-order valence-corrected chi connectivity index (χ2v) is 10.4. The number of benzene rings is 1. The third-order valence-corrected chi connectivity index (χ3v) is 6.46. The van der Waals surface area contributed by atoms with Crippen molar-refractivity contribution in [1.29, 1.82) is 0 Å². The number of unbranched alkanes of at least 4 members (excludes halogenated alkanes) is 10. The third kappa shape index (κ3) is 10.3. The molecule has 1 aromatic rings. The van der Waals surface area contributed by atoms with Crippen LogP contribution in [-0.2, 0) is 14.3 Å². The number of ketones is 2. The van der Waals surface area contributed by atoms with Crippen molar-refractivity contribution in [1.82, 2.24) is 0 Å². The Morgan fingerprint density at radius 1 is 0.882 bits per heavy atom. The van der Waals surface area contributed by atoms with Crippen molar-refractivity contribution in [2.45, 2.75) is 104 Å². The zero-order valence-electron chi connectivity index (χ0n) is 21.4. The van der Waals surface area contributed by atoms with Crippen molar-refractivity contribution in [3.05, 3.63) is 29.8 Å². The molecule has 0 amide bonds. The Bertz CT molecular complexity index is 790. The van der Waals surface area contributed by atoms with E-state index in [9.17, 15) is 14.4 Å². The first-order chi connectivity index (χ1) is 16.3. The summed E-state index contributed by atoms with van der Waals surface area (Å²) in [5.74, 6) is -1.24. The largest absolute Gasteiger partial charge is 0.462 e. The predicted molar refractivity (Wildman–Crippen MR) is 138 cm³/mol. The lowest BCUT2D eigenvalue weighted by Gasteiger charge is -2.30. The molecule has 0 unspecified atom stereocenters. The van der Waals surface area contributed by atoms with Crippen LogP contribution in [0.3, 0.4) is 0 Å². The lowest BCUT2D eigenvalue weighted by Crippen LogP contribution is -2.38. The summed E-state index contributed by atoms with van der Waals surface area (Å²) in [5.41, 5.74) is 0.814. The molecule has 0 heterocycles. The van der Waals surface area contributed by atoms with Gasteiger partial charge in [0.25, 0.3) is 0 Å². The van der Waals surface area contributed by atoms with E-state index in [1.165, 1.54) is 64.0 Å². The SMILES string of the molecule is CCCCCCCCCCCCCOC(=O)c1ccc(N=CC2C(=O)CC(C)(C)CC2=O)cc1. The van der Waals surface area contributed by atoms with E-state index in [1.807, 2.05) is 13.8 Å². The Labute approximate surface area is 205 Å². The van der Waals surface area contributed by atoms with E-state index >= 15 is 0 Å². The molecule has 0 spiro atoms. The summed E-state index contributed by atoms with van der Waals surface area (Å²) >= 11 is 0. The van der Waals surface area contributed by atoms with E-state index in [4.69, 9.17) is 4.74 Å². The zero-order valence-corrected chi connectivity index (χ0v) is 21.4. The van der Waals surface area contributed by atoms with Crippen LogP contribution < -0.4 is 0 Å². The molecular weight excluding hydrogens is 426 g/mol. The average molecular weight is 470 g/mol. The van der Waals surface area contributed by atoms with E-state index in [2.05, 4.69) is 11.9 Å². The zero-order chi connectivity index (χ0) is 24.8. The molecule has 0 saturated heterocycles. The van der Waals surface area contributed by atoms with Gasteiger partial charge >= 0.3 is 5.97 Å². The summed E-state index contributed by atoms with van der Waals surface area (Å²) < 4.78 is 5.39. The number of carbonyl (C=O) groups is 3. The molecule has 0 aliphatic heterocycles. The lowest BCUT2D eigenvalue weighted by atomic mass is 9.72. The van der Waals surface area contributed by atoms with Gasteiger partial charge in [-0.15, -0.1) is 0 Å². The molecule has 1 saturated carbocycles. The quantitative estimate of drug-likeness (QED) is 0.116. The van der Waals surface area contributed by atoms with E-state index < -0.39 is 5.92 Å². The highest BCUT2D eigenvalue weighted by molar-refractivity contribution is 6.16. The maximum Gasteiger partial charge on any atom is 0.338 e. The third-order valence-electron chi connectivity index (χ3n) is 6.46. The number of rotatable bonds is 15. The smallest absolute Gasteiger partial charge is 0.338 e. The molecule has 1 aromatic carbocycles. The minimum Gasteiger partial charge on any atom is -0.462 e. The molecule has 1 aliphatic carbocycles. The molecule has 0 atom stereocenters. The predicted octanol–water partition coefficient (Wildman–Crippen LogP) is 7.43. The van der Waals surface area contributed by atoms with Crippen LogP contribution in [0.5, 0.6) is 0 Å². The first-order valence-electron chi connectivity index (χ1n) is 13.2. The molecule has 5 heteroatoms. The molecule has 0 radical (unpaired) electrons. The molecular formula is C29H43NO4. The maximum atomic E-state index is 12.3. The summed E-state index contributed by atoms with van der Waals surface area (Å²) in [6.45, 7) is 6.56. The second-order valence-electron chi connectivity index (χ2n) is 10.4. The molecule has 34 heavy (non-hydrogen) atoms. The molecule has 2 rings (SSSR count). The number of nitrogens with zero attached hydrogens (tertiary/aromatic N) is 1. The van der Waals surface area contributed by atoms with Gasteiger partial charge in [-0.05, 0) is 36.1 Å². The van der Waals surface area contributed by atoms with Crippen LogP contribution in [0, 0.1) is 11.3 Å². The van der Waals surface area contributed by atoms with Gasteiger partial charge in [-0.1, -0.05) is 85.0 Å². The Morgan fingerprint density at radius 2 is 1.38 bits per heavy atom. The molecule has 0 bridgehead atoms. The van der Waals surface area contributed by atoms with Crippen LogP contribution in [0.4, 0.5) is 5.69 Å². The standard InChI is InChI=1S/C29H43NO4/c1-4-5-6-7-8-9-10-11-12-13-14-19-34-28(33)23-15-17-24(18-16-23)30-22-25-26(31)20-29(2,3)21-27(25)32/h15-18,22,25H,4-14,19-21H2,1-3H3. The van der Waals surface area contributed by atoms with Crippen molar-refractivity contribution in [2.24, 2.45) is 16.3 Å². The Morgan fingerprint density at radius 3 is 1.91 bits per heavy atom. The van der Waals surface area contributed by atoms with Crippen molar-refractivity contribution >= 4 is 29.4 Å². The van der Waals surface area contributed by atoms with Crippen molar-refractivity contribution in [2.75, 3.05) is 6.61 Å². The summed E-state index contributed by atoms with van der Waals surface area (Å²) in [6.07, 6.45) is 16.1. The lowest BCUT2D eigenvalue weighted by molar-refractivity contribution is -0.136. The van der Waals surface area contributed by atoms with Crippen LogP contribution in [0.2, 0.25) is 0 Å². The van der Waals surface area contributed by atoms with Gasteiger partial charge in [0.1, 0.15) is 17.5 Å². The van der Waals surface area contributed by atoms with Crippen molar-refractivity contribution in [3.63, 3.8) is 0 Å². The van der Waals surface area contributed by atoms with E-state index in [-0.39, 0.29) is 23.0 Å². The fraction of sp³-hybridized carbons (Fsp3) is 0.655. The number of aliphatic imine (C=N–C) groups is 1. The normalized spacial score (nSPS) is 16.3. The van der Waals surface area contributed by atoms with Crippen LogP contribution in [0.1, 0.15) is 115 Å². The maximum absolute atomic E-state index is 12.3. The first kappa shape index (κ1) is 27.9. The second kappa shape index (κ2) is 14.9. The summed E-state index contributed by atoms with van der Waals surface area (Å²) in [4.78, 5) is 41.1. The summed E-state index contributed by atoms with van der Waals surface area (Å²) in [5, 5.41) is 0. The topological polar surface area (TPSA) is 72.8 Å².